The van der Waals surface area contributed by atoms with E-state index in [-0.39, 0.29) is 5.56 Å². The molecule has 6 nitrogen and oxygen atoms in total. The number of halogens is 3. The van der Waals surface area contributed by atoms with E-state index < -0.39 is 35.9 Å². The Balaban J connectivity index is 3.22. The fourth-order valence-corrected chi connectivity index (χ4v) is 1.15. The summed E-state index contributed by atoms with van der Waals surface area (Å²) in [5, 5.41) is 17.2. The van der Waals surface area contributed by atoms with E-state index in [1.165, 1.54) is 6.07 Å². The van der Waals surface area contributed by atoms with E-state index in [4.69, 9.17) is 16.1 Å². The van der Waals surface area contributed by atoms with Crippen LogP contribution in [0.15, 0.2) is 6.20 Å². The van der Waals surface area contributed by atoms with Gasteiger partial charge in [0.2, 0.25) is 5.88 Å². The minimum atomic E-state index is -5.01. The van der Waals surface area contributed by atoms with Crippen LogP contribution < -0.4 is 10.5 Å². The van der Waals surface area contributed by atoms with Crippen LogP contribution in [0.4, 0.5) is 18.9 Å². The van der Waals surface area contributed by atoms with Crippen molar-refractivity contribution in [1.82, 2.24) is 4.98 Å². The molecule has 0 aliphatic heterocycles. The average Bonchev–Trinajstić information content (AvgIpc) is 2.20. The number of hydrogen-bond donors (Lipinski definition) is 2. The number of pyridine rings is 1. The summed E-state index contributed by atoms with van der Waals surface area (Å²) in [7, 11) is 0. The molecule has 1 aromatic heterocycles. The van der Waals surface area contributed by atoms with Gasteiger partial charge < -0.3 is 15.6 Å². The Kier molecular flexibility index (Phi) is 3.61. The van der Waals surface area contributed by atoms with Crippen LogP contribution in [0, 0.1) is 11.3 Å². The lowest BCUT2D eigenvalue weighted by Gasteiger charge is -2.11. The Hall–Kier alpha value is -2.50. The molecule has 18 heavy (non-hydrogen) atoms. The van der Waals surface area contributed by atoms with Crippen LogP contribution in [0.1, 0.15) is 11.1 Å². The van der Waals surface area contributed by atoms with Crippen molar-refractivity contribution in [2.24, 2.45) is 0 Å². The molecular weight excluding hydrogens is 255 g/mol. The van der Waals surface area contributed by atoms with Crippen molar-refractivity contribution >= 4 is 11.7 Å². The maximum absolute atomic E-state index is 12.0. The number of nitrogen functional groups attached to an aromatic ring is 1. The van der Waals surface area contributed by atoms with Crippen LogP contribution in [0.2, 0.25) is 0 Å². The Morgan fingerprint density at radius 1 is 1.61 bits per heavy atom. The predicted molar refractivity (Wildman–Crippen MR) is 51.4 cm³/mol. The molecule has 0 saturated carbocycles. The van der Waals surface area contributed by atoms with Crippen LogP contribution in [0.25, 0.3) is 0 Å². The highest BCUT2D eigenvalue weighted by atomic mass is 19.4. The molecule has 0 radical (unpaired) electrons. The largest absolute Gasteiger partial charge is 0.574 e. The van der Waals surface area contributed by atoms with Crippen LogP contribution >= 0.6 is 0 Å². The molecule has 96 valence electrons. The van der Waals surface area contributed by atoms with Crippen LogP contribution in [-0.4, -0.2) is 22.4 Å². The van der Waals surface area contributed by atoms with Crippen molar-refractivity contribution in [3.05, 3.63) is 17.3 Å². The summed E-state index contributed by atoms with van der Waals surface area (Å²) in [5.74, 6) is -2.26. The summed E-state index contributed by atoms with van der Waals surface area (Å²) in [6.07, 6.45) is -4.75. The number of nitrogens with two attached hydrogens (primary N) is 1. The molecule has 0 aliphatic rings. The lowest BCUT2D eigenvalue weighted by atomic mass is 10.1. The first-order valence-electron chi connectivity index (χ1n) is 4.39. The molecule has 0 saturated heterocycles. The molecule has 0 aliphatic carbocycles. The monoisotopic (exact) mass is 261 g/mol. The Morgan fingerprint density at radius 3 is 2.67 bits per heavy atom. The zero-order valence-corrected chi connectivity index (χ0v) is 8.65. The number of alkyl halides is 3. The number of carbonyl (C=O) groups is 1. The van der Waals surface area contributed by atoms with Gasteiger partial charge in [0.25, 0.3) is 0 Å². The van der Waals surface area contributed by atoms with Crippen molar-refractivity contribution in [3.8, 4) is 11.9 Å². The Bertz CT molecular complexity index is 522. The van der Waals surface area contributed by atoms with Gasteiger partial charge in [-0.2, -0.15) is 5.26 Å². The quantitative estimate of drug-likeness (QED) is 0.841. The predicted octanol–water partition coefficient (Wildman–Crippen LogP) is 1.06. The number of aromatic nitrogens is 1. The van der Waals surface area contributed by atoms with Gasteiger partial charge in [-0.3, -0.25) is 4.79 Å². The lowest BCUT2D eigenvalue weighted by Crippen LogP contribution is -2.19. The van der Waals surface area contributed by atoms with E-state index in [0.29, 0.717) is 0 Å². The molecule has 0 unspecified atom stereocenters. The summed E-state index contributed by atoms with van der Waals surface area (Å²) in [6, 6.07) is 1.39. The number of carboxylic acid groups (broad SMARTS) is 1. The number of anilines is 1. The minimum absolute atomic E-state index is 0.0615. The molecule has 0 atom stereocenters. The van der Waals surface area contributed by atoms with Gasteiger partial charge >= 0.3 is 12.3 Å². The molecule has 0 aromatic carbocycles. The zero-order valence-electron chi connectivity index (χ0n) is 8.65. The second-order valence-electron chi connectivity index (χ2n) is 3.11. The highest BCUT2D eigenvalue weighted by molar-refractivity contribution is 5.75. The van der Waals surface area contributed by atoms with E-state index in [1.807, 2.05) is 0 Å². The van der Waals surface area contributed by atoms with Gasteiger partial charge in [0.05, 0.1) is 12.1 Å². The van der Waals surface area contributed by atoms with Crippen molar-refractivity contribution in [2.75, 3.05) is 5.73 Å². The van der Waals surface area contributed by atoms with E-state index >= 15 is 0 Å². The molecule has 0 amide bonds. The standard InChI is InChI=1S/C9H6F3N3O3/c10-9(11,12)18-8-5(2-13)7(14)4(3-15-8)1-6(16)17/h3H,1H2,(H2,14,15)(H,16,17). The normalized spacial score (nSPS) is 10.8. The van der Waals surface area contributed by atoms with Crippen LogP contribution in [0.3, 0.4) is 0 Å². The summed E-state index contributed by atoms with van der Waals surface area (Å²) in [6.45, 7) is 0. The number of nitrogens with zero attached hydrogens (tertiary/aromatic N) is 2. The molecule has 9 heteroatoms. The Morgan fingerprint density at radius 2 is 2.22 bits per heavy atom. The first kappa shape index (κ1) is 13.6. The number of carboxylic acids is 1. The first-order valence-corrected chi connectivity index (χ1v) is 4.39. The summed E-state index contributed by atoms with van der Waals surface area (Å²) in [4.78, 5) is 13.7. The lowest BCUT2D eigenvalue weighted by molar-refractivity contribution is -0.276. The fourth-order valence-electron chi connectivity index (χ4n) is 1.15. The molecule has 1 rings (SSSR count). The fraction of sp³-hybridized carbons (Fsp3) is 0.222. The van der Waals surface area contributed by atoms with Gasteiger partial charge in [-0.25, -0.2) is 4.98 Å². The Labute approximate surface area is 98.4 Å². The van der Waals surface area contributed by atoms with Gasteiger partial charge in [-0.1, -0.05) is 0 Å². The van der Waals surface area contributed by atoms with Crippen molar-refractivity contribution in [3.63, 3.8) is 0 Å². The molecule has 0 bridgehead atoms. The maximum atomic E-state index is 12.0. The van der Waals surface area contributed by atoms with E-state index in [2.05, 4.69) is 9.72 Å². The van der Waals surface area contributed by atoms with Crippen LogP contribution in [-0.2, 0) is 11.2 Å². The molecule has 1 heterocycles. The van der Waals surface area contributed by atoms with Gasteiger partial charge in [0, 0.05) is 11.8 Å². The molecule has 3 N–H and O–H groups in total. The van der Waals surface area contributed by atoms with Crippen molar-refractivity contribution < 1.29 is 27.8 Å². The van der Waals surface area contributed by atoms with Crippen LogP contribution in [0.5, 0.6) is 5.88 Å². The van der Waals surface area contributed by atoms with E-state index in [1.54, 1.807) is 0 Å². The number of aliphatic carboxylic acids is 1. The third-order valence-corrected chi connectivity index (χ3v) is 1.83. The van der Waals surface area contributed by atoms with Gasteiger partial charge in [0.1, 0.15) is 11.6 Å². The summed E-state index contributed by atoms with van der Waals surface area (Å²) < 4.78 is 39.5. The smallest absolute Gasteiger partial charge is 0.481 e. The highest BCUT2D eigenvalue weighted by Crippen LogP contribution is 2.29. The third kappa shape index (κ3) is 3.24. The zero-order chi connectivity index (χ0) is 13.9. The summed E-state index contributed by atoms with van der Waals surface area (Å²) >= 11 is 0. The number of hydrogen-bond acceptors (Lipinski definition) is 5. The average molecular weight is 261 g/mol. The summed E-state index contributed by atoms with van der Waals surface area (Å²) in [5.41, 5.74) is 4.29. The third-order valence-electron chi connectivity index (χ3n) is 1.83. The van der Waals surface area contributed by atoms with Crippen molar-refractivity contribution in [1.29, 1.82) is 5.26 Å². The molecule has 0 fully saturated rings. The topological polar surface area (TPSA) is 109 Å². The van der Waals surface area contributed by atoms with Gasteiger partial charge in [0.15, 0.2) is 0 Å². The second kappa shape index (κ2) is 4.79. The van der Waals surface area contributed by atoms with E-state index in [9.17, 15) is 18.0 Å². The van der Waals surface area contributed by atoms with Gasteiger partial charge in [-0.05, 0) is 0 Å². The second-order valence-corrected chi connectivity index (χ2v) is 3.11. The number of rotatable bonds is 3. The van der Waals surface area contributed by atoms with E-state index in [0.717, 1.165) is 6.20 Å². The SMILES string of the molecule is N#Cc1c(OC(F)(F)F)ncc(CC(=O)O)c1N. The number of ether oxygens (including phenoxy) is 1. The molecule has 1 aromatic rings. The first-order chi connectivity index (χ1) is 8.24. The minimum Gasteiger partial charge on any atom is -0.481 e. The maximum Gasteiger partial charge on any atom is 0.574 e. The molecule has 0 spiro atoms. The van der Waals surface area contributed by atoms with Crippen molar-refractivity contribution in [2.45, 2.75) is 12.8 Å². The molecular formula is C9H6F3N3O3. The highest BCUT2D eigenvalue weighted by Gasteiger charge is 2.33. The number of nitriles is 1. The van der Waals surface area contributed by atoms with Gasteiger partial charge in [-0.15, -0.1) is 13.2 Å².